The maximum atomic E-state index is 13.0. The van der Waals surface area contributed by atoms with Crippen LogP contribution in [0.1, 0.15) is 33.1 Å². The number of hydrogen-bond donors (Lipinski definition) is 2. The van der Waals surface area contributed by atoms with E-state index in [1.165, 1.54) is 0 Å². The fraction of sp³-hybridized carbons (Fsp3) is 0.500. The number of hydrogen-bond acceptors (Lipinski definition) is 4. The van der Waals surface area contributed by atoms with Crippen LogP contribution in [-0.4, -0.2) is 24.2 Å². The van der Waals surface area contributed by atoms with Crippen LogP contribution in [0.2, 0.25) is 0 Å². The molecular weight excluding hydrogens is 308 g/mol. The third-order valence-corrected chi connectivity index (χ3v) is 6.15. The molecule has 0 spiro atoms. The summed E-state index contributed by atoms with van der Waals surface area (Å²) in [4.78, 5) is 37.0. The third-order valence-electron chi connectivity index (χ3n) is 6.15. The topological polar surface area (TPSA) is 84.5 Å². The summed E-state index contributed by atoms with van der Waals surface area (Å²) in [5.41, 5.74) is -0.173. The molecular formula is C18H20N2O4. The zero-order valence-corrected chi connectivity index (χ0v) is 13.8. The third kappa shape index (κ3) is 1.85. The molecule has 1 heterocycles. The predicted octanol–water partition coefficient (Wildman–Crippen LogP) is 2.35. The molecule has 0 saturated heterocycles. The number of amides is 2. The van der Waals surface area contributed by atoms with E-state index in [-0.39, 0.29) is 35.5 Å². The second kappa shape index (κ2) is 4.82. The summed E-state index contributed by atoms with van der Waals surface area (Å²) in [5, 5.41) is 5.60. The van der Waals surface area contributed by atoms with Crippen molar-refractivity contribution in [1.29, 1.82) is 0 Å². The summed E-state index contributed by atoms with van der Waals surface area (Å²) in [5.74, 6) is 0.447. The van der Waals surface area contributed by atoms with Crippen LogP contribution in [0.25, 0.3) is 0 Å². The van der Waals surface area contributed by atoms with Crippen molar-refractivity contribution in [3.05, 3.63) is 18.2 Å². The Morgan fingerprint density at radius 1 is 1.33 bits per heavy atom. The Bertz CT molecular complexity index is 770. The van der Waals surface area contributed by atoms with E-state index in [9.17, 15) is 14.4 Å². The molecule has 1 aromatic rings. The largest absolute Gasteiger partial charge is 0.482 e. The van der Waals surface area contributed by atoms with Crippen LogP contribution in [0.3, 0.4) is 0 Å². The molecule has 24 heavy (non-hydrogen) atoms. The molecule has 2 saturated carbocycles. The number of ether oxygens (including phenoxy) is 1. The first-order valence-electron chi connectivity index (χ1n) is 8.26. The maximum absolute atomic E-state index is 13.0. The van der Waals surface area contributed by atoms with Crippen LogP contribution in [0, 0.1) is 16.7 Å². The normalized spacial score (nSPS) is 29.7. The fourth-order valence-corrected chi connectivity index (χ4v) is 4.61. The molecule has 4 rings (SSSR count). The predicted molar refractivity (Wildman–Crippen MR) is 87.8 cm³/mol. The van der Waals surface area contributed by atoms with Crippen molar-refractivity contribution in [1.82, 2.24) is 0 Å². The lowest BCUT2D eigenvalue weighted by Gasteiger charge is -2.35. The van der Waals surface area contributed by atoms with Crippen molar-refractivity contribution in [2.24, 2.45) is 16.7 Å². The van der Waals surface area contributed by atoms with Gasteiger partial charge in [-0.3, -0.25) is 14.4 Å². The SMILES string of the molecule is CC1(C)C2CCC1(C(=O)Nc1ccc3c(c1)NC(=O)CO3)C(=O)C2. The number of ketones is 1. The Labute approximate surface area is 139 Å². The lowest BCUT2D eigenvalue weighted by Crippen LogP contribution is -2.46. The minimum atomic E-state index is -0.937. The van der Waals surface area contributed by atoms with Crippen LogP contribution >= 0.6 is 0 Å². The van der Waals surface area contributed by atoms with E-state index in [4.69, 9.17) is 4.74 Å². The Balaban J connectivity index is 1.62. The van der Waals surface area contributed by atoms with Gasteiger partial charge in [-0.1, -0.05) is 13.8 Å². The molecule has 2 N–H and O–H groups in total. The number of benzene rings is 1. The highest BCUT2D eigenvalue weighted by atomic mass is 16.5. The fourth-order valence-electron chi connectivity index (χ4n) is 4.61. The number of rotatable bonds is 2. The van der Waals surface area contributed by atoms with E-state index in [1.54, 1.807) is 18.2 Å². The van der Waals surface area contributed by atoms with Crippen molar-refractivity contribution in [2.75, 3.05) is 17.2 Å². The molecule has 1 aliphatic heterocycles. The van der Waals surface area contributed by atoms with Gasteiger partial charge in [-0.15, -0.1) is 0 Å². The summed E-state index contributed by atoms with van der Waals surface area (Å²) in [7, 11) is 0. The Hall–Kier alpha value is -2.37. The molecule has 3 aliphatic rings. The Morgan fingerprint density at radius 2 is 2.12 bits per heavy atom. The molecule has 2 unspecified atom stereocenters. The highest BCUT2D eigenvalue weighted by Crippen LogP contribution is 2.64. The first-order chi connectivity index (χ1) is 11.3. The molecule has 2 amide bonds. The molecule has 1 aromatic carbocycles. The van der Waals surface area contributed by atoms with E-state index in [0.29, 0.717) is 30.0 Å². The van der Waals surface area contributed by atoms with Gasteiger partial charge < -0.3 is 15.4 Å². The number of anilines is 2. The van der Waals surface area contributed by atoms with Gasteiger partial charge in [-0.25, -0.2) is 0 Å². The van der Waals surface area contributed by atoms with Crippen molar-refractivity contribution in [3.63, 3.8) is 0 Å². The van der Waals surface area contributed by atoms with Gasteiger partial charge in [0, 0.05) is 12.1 Å². The number of fused-ring (bicyclic) bond motifs is 3. The van der Waals surface area contributed by atoms with Gasteiger partial charge in [0.1, 0.15) is 16.9 Å². The zero-order chi connectivity index (χ0) is 17.1. The number of carbonyl (C=O) groups is 3. The van der Waals surface area contributed by atoms with Gasteiger partial charge >= 0.3 is 0 Å². The molecule has 2 fully saturated rings. The second-order valence-electron chi connectivity index (χ2n) is 7.49. The summed E-state index contributed by atoms with van der Waals surface area (Å²) in [6.45, 7) is 4.04. The molecule has 0 aromatic heterocycles. The van der Waals surface area contributed by atoms with Crippen molar-refractivity contribution < 1.29 is 19.1 Å². The van der Waals surface area contributed by atoms with Gasteiger partial charge in [0.25, 0.3) is 5.91 Å². The van der Waals surface area contributed by atoms with Gasteiger partial charge in [0.15, 0.2) is 6.61 Å². The van der Waals surface area contributed by atoms with Gasteiger partial charge in [-0.05, 0) is 42.4 Å². The van der Waals surface area contributed by atoms with Crippen LogP contribution in [0.4, 0.5) is 11.4 Å². The Kier molecular flexibility index (Phi) is 3.04. The van der Waals surface area contributed by atoms with E-state index < -0.39 is 5.41 Å². The zero-order valence-electron chi connectivity index (χ0n) is 13.8. The number of nitrogens with one attached hydrogen (secondary N) is 2. The summed E-state index contributed by atoms with van der Waals surface area (Å²) < 4.78 is 5.31. The van der Waals surface area contributed by atoms with Crippen molar-refractivity contribution >= 4 is 29.0 Å². The van der Waals surface area contributed by atoms with Crippen LogP contribution in [0.5, 0.6) is 5.75 Å². The summed E-state index contributed by atoms with van der Waals surface area (Å²) in [6, 6.07) is 5.10. The first kappa shape index (κ1) is 15.2. The first-order valence-corrected chi connectivity index (χ1v) is 8.26. The lowest BCUT2D eigenvalue weighted by atomic mass is 9.68. The van der Waals surface area contributed by atoms with Crippen molar-refractivity contribution in [3.8, 4) is 5.75 Å². The lowest BCUT2D eigenvalue weighted by molar-refractivity contribution is -0.141. The average Bonchev–Trinajstić information content (AvgIpc) is 2.89. The molecule has 2 atom stereocenters. The number of Topliss-reactive ketones (excluding diaryl/α,β-unsaturated/α-hetero) is 1. The molecule has 2 bridgehead atoms. The standard InChI is InChI=1S/C18H20N2O4/c1-17(2)10-5-6-18(17,14(21)7-10)16(23)19-11-3-4-13-12(8-11)20-15(22)9-24-13/h3-4,8,10H,5-7,9H2,1-2H3,(H,19,23)(H,20,22). The monoisotopic (exact) mass is 328 g/mol. The van der Waals surface area contributed by atoms with E-state index in [1.807, 2.05) is 13.8 Å². The van der Waals surface area contributed by atoms with E-state index >= 15 is 0 Å². The minimum absolute atomic E-state index is 0.00804. The van der Waals surface area contributed by atoms with Crippen LogP contribution in [0.15, 0.2) is 18.2 Å². The Morgan fingerprint density at radius 3 is 2.79 bits per heavy atom. The van der Waals surface area contributed by atoms with Gasteiger partial charge in [-0.2, -0.15) is 0 Å². The van der Waals surface area contributed by atoms with Gasteiger partial charge in [0.2, 0.25) is 5.91 Å². The second-order valence-corrected chi connectivity index (χ2v) is 7.49. The van der Waals surface area contributed by atoms with E-state index in [0.717, 1.165) is 6.42 Å². The molecule has 126 valence electrons. The molecule has 6 heteroatoms. The van der Waals surface area contributed by atoms with Crippen LogP contribution < -0.4 is 15.4 Å². The summed E-state index contributed by atoms with van der Waals surface area (Å²) in [6.07, 6.45) is 2.02. The van der Waals surface area contributed by atoms with Crippen LogP contribution in [-0.2, 0) is 14.4 Å². The van der Waals surface area contributed by atoms with Crippen molar-refractivity contribution in [2.45, 2.75) is 33.1 Å². The van der Waals surface area contributed by atoms with Gasteiger partial charge in [0.05, 0.1) is 5.69 Å². The molecule has 2 aliphatic carbocycles. The molecule has 6 nitrogen and oxygen atoms in total. The number of carbonyl (C=O) groups excluding carboxylic acids is 3. The maximum Gasteiger partial charge on any atom is 0.262 e. The smallest absolute Gasteiger partial charge is 0.262 e. The molecule has 0 radical (unpaired) electrons. The van der Waals surface area contributed by atoms with E-state index in [2.05, 4.69) is 10.6 Å². The highest BCUT2D eigenvalue weighted by Gasteiger charge is 2.68. The summed E-state index contributed by atoms with van der Waals surface area (Å²) >= 11 is 0. The minimum Gasteiger partial charge on any atom is -0.482 e. The average molecular weight is 328 g/mol. The quantitative estimate of drug-likeness (QED) is 0.816. The highest BCUT2D eigenvalue weighted by molar-refractivity contribution is 6.14.